The Labute approximate surface area is 219 Å². The summed E-state index contributed by atoms with van der Waals surface area (Å²) < 4.78 is 34.0. The van der Waals surface area contributed by atoms with E-state index in [0.29, 0.717) is 52.8 Å². The number of fused-ring (bicyclic) bond motifs is 2. The number of hydrogen-bond donors (Lipinski definition) is 1. The molecule has 37 heavy (non-hydrogen) atoms. The van der Waals surface area contributed by atoms with Crippen LogP contribution in [0.1, 0.15) is 6.92 Å². The van der Waals surface area contributed by atoms with Crippen molar-refractivity contribution in [2.24, 2.45) is 10.3 Å². The number of pyridine rings is 2. The molecule has 0 saturated carbocycles. The van der Waals surface area contributed by atoms with Crippen LogP contribution in [-0.4, -0.2) is 68.2 Å². The molecule has 11 heteroatoms. The summed E-state index contributed by atoms with van der Waals surface area (Å²) in [6.07, 6.45) is 2.91. The Bertz CT molecular complexity index is 1590. The lowest BCUT2D eigenvalue weighted by molar-refractivity contribution is 0.0262. The minimum Gasteiger partial charge on any atom is -0.456 e. The second-order valence-electron chi connectivity index (χ2n) is 9.69. The number of H-pyrrole nitrogens is 1. The van der Waals surface area contributed by atoms with Crippen molar-refractivity contribution in [3.8, 4) is 28.5 Å². The van der Waals surface area contributed by atoms with Crippen molar-refractivity contribution in [1.29, 1.82) is 0 Å². The van der Waals surface area contributed by atoms with Gasteiger partial charge in [0.15, 0.2) is 17.6 Å². The summed E-state index contributed by atoms with van der Waals surface area (Å²) in [4.78, 5) is 16.9. The molecule has 0 spiro atoms. The maximum absolute atomic E-state index is 12.0. The predicted octanol–water partition coefficient (Wildman–Crippen LogP) is 4.88. The van der Waals surface area contributed by atoms with Crippen LogP contribution in [0.3, 0.4) is 0 Å². The van der Waals surface area contributed by atoms with Gasteiger partial charge in [0, 0.05) is 39.3 Å². The van der Waals surface area contributed by atoms with Gasteiger partial charge in [-0.2, -0.15) is 9.35 Å². The Morgan fingerprint density at radius 1 is 1.03 bits per heavy atom. The fourth-order valence-corrected chi connectivity index (χ4v) is 5.53. The molecular formula is C26H26ClN5O4S. The summed E-state index contributed by atoms with van der Waals surface area (Å²) in [7, 11) is -2.29. The van der Waals surface area contributed by atoms with Crippen molar-refractivity contribution in [2.75, 3.05) is 25.7 Å². The molecule has 9 nitrogen and oxygen atoms in total. The molecule has 0 radical (unpaired) electrons. The Hall–Kier alpha value is -3.05. The fourth-order valence-electron chi connectivity index (χ4n) is 4.71. The molecule has 192 valence electrons. The van der Waals surface area contributed by atoms with Crippen molar-refractivity contribution in [3.63, 3.8) is 0 Å². The molecule has 0 unspecified atom stereocenters. The van der Waals surface area contributed by atoms with E-state index >= 15 is 0 Å². The van der Waals surface area contributed by atoms with E-state index in [0.717, 1.165) is 16.8 Å². The van der Waals surface area contributed by atoms with Crippen LogP contribution in [0.25, 0.3) is 33.7 Å². The summed E-state index contributed by atoms with van der Waals surface area (Å²) in [5, 5.41) is 0.493. The van der Waals surface area contributed by atoms with Gasteiger partial charge in [-0.25, -0.2) is 14.2 Å². The van der Waals surface area contributed by atoms with Gasteiger partial charge in [-0.1, -0.05) is 48.9 Å². The highest BCUT2D eigenvalue weighted by Crippen LogP contribution is 2.34. The number of benzene rings is 1. The minimum absolute atomic E-state index is 0.0585. The first kappa shape index (κ1) is 24.3. The van der Waals surface area contributed by atoms with Crippen LogP contribution in [0.2, 0.25) is 5.02 Å². The molecule has 2 fully saturated rings. The predicted molar refractivity (Wildman–Crippen MR) is 143 cm³/mol. The molecule has 1 N–H and O–H groups in total. The summed E-state index contributed by atoms with van der Waals surface area (Å²) in [5.41, 5.74) is 4.28. The lowest BCUT2D eigenvalue weighted by Gasteiger charge is -2.15. The number of halogens is 1. The van der Waals surface area contributed by atoms with E-state index in [9.17, 15) is 4.21 Å². The van der Waals surface area contributed by atoms with E-state index in [1.165, 1.54) is 0 Å². The van der Waals surface area contributed by atoms with Gasteiger partial charge in [0.25, 0.3) is 6.01 Å². The van der Waals surface area contributed by atoms with Gasteiger partial charge in [0.2, 0.25) is 0 Å². The zero-order valence-electron chi connectivity index (χ0n) is 20.6. The third kappa shape index (κ3) is 4.94. The van der Waals surface area contributed by atoms with Gasteiger partial charge in [-0.05, 0) is 18.2 Å². The van der Waals surface area contributed by atoms with Crippen LogP contribution < -0.4 is 4.74 Å². The van der Waals surface area contributed by atoms with Crippen LogP contribution in [-0.2, 0) is 19.2 Å². The maximum atomic E-state index is 12.0. The van der Waals surface area contributed by atoms with E-state index in [2.05, 4.69) is 26.2 Å². The van der Waals surface area contributed by atoms with E-state index in [-0.39, 0.29) is 18.3 Å². The minimum atomic E-state index is -2.29. The summed E-state index contributed by atoms with van der Waals surface area (Å²) >= 11 is 6.60. The molecule has 6 rings (SSSR count). The molecule has 2 aliphatic rings. The molecule has 2 saturated heterocycles. The number of aromatic amines is 1. The second-order valence-corrected chi connectivity index (χ2v) is 12.6. The van der Waals surface area contributed by atoms with Crippen molar-refractivity contribution in [2.45, 2.75) is 25.2 Å². The average molecular weight is 540 g/mol. The smallest absolute Gasteiger partial charge is 0.296 e. The highest BCUT2D eigenvalue weighted by molar-refractivity contribution is 7.92. The van der Waals surface area contributed by atoms with Crippen molar-refractivity contribution < 1.29 is 18.4 Å². The molecule has 5 heterocycles. The van der Waals surface area contributed by atoms with Crippen LogP contribution in [0, 0.1) is 5.92 Å². The van der Waals surface area contributed by atoms with Gasteiger partial charge in [-0.3, -0.25) is 0 Å². The zero-order valence-corrected chi connectivity index (χ0v) is 22.1. The molecule has 3 aromatic heterocycles. The Balaban J connectivity index is 1.24. The number of nitrogens with zero attached hydrogens (tertiary/aromatic N) is 4. The van der Waals surface area contributed by atoms with Gasteiger partial charge in [-0.15, -0.1) is 0 Å². The monoisotopic (exact) mass is 539 g/mol. The van der Waals surface area contributed by atoms with Crippen LogP contribution in [0.15, 0.2) is 52.9 Å². The fraction of sp³-hybridized carbons (Fsp3) is 0.346. The maximum Gasteiger partial charge on any atom is 0.296 e. The number of rotatable bonds is 5. The number of imidazole rings is 1. The lowest BCUT2D eigenvalue weighted by Crippen LogP contribution is -2.33. The molecule has 0 aliphatic carbocycles. The van der Waals surface area contributed by atoms with Crippen molar-refractivity contribution >= 4 is 38.3 Å². The average Bonchev–Trinajstić information content (AvgIpc) is 3.54. The van der Waals surface area contributed by atoms with E-state index < -0.39 is 9.73 Å². The SMILES string of the molecule is C[C@@H]1CO[C@H]2[C@@H]1OC[C@H]2Oc1nc2nc(-c3ccc(-c4cccc(N=S(C)(C)=O)n4)cc3)c(Cl)cc2[nH]1. The third-order valence-corrected chi connectivity index (χ3v) is 7.34. The van der Waals surface area contributed by atoms with Crippen LogP contribution in [0.4, 0.5) is 5.82 Å². The third-order valence-electron chi connectivity index (χ3n) is 6.43. The number of nitrogens with one attached hydrogen (secondary N) is 1. The first-order valence-corrected chi connectivity index (χ1v) is 14.7. The second kappa shape index (κ2) is 9.36. The normalized spacial score (nSPS) is 23.4. The van der Waals surface area contributed by atoms with Crippen LogP contribution >= 0.6 is 11.6 Å². The van der Waals surface area contributed by atoms with E-state index in [1.807, 2.05) is 36.4 Å². The Kier molecular flexibility index (Phi) is 6.15. The topological polar surface area (TPSA) is 112 Å². The Morgan fingerprint density at radius 2 is 1.78 bits per heavy atom. The summed E-state index contributed by atoms with van der Waals surface area (Å²) in [6.45, 7) is 3.25. The van der Waals surface area contributed by atoms with Gasteiger partial charge in [0.1, 0.15) is 6.10 Å². The Morgan fingerprint density at radius 3 is 2.57 bits per heavy atom. The molecule has 4 aromatic rings. The highest BCUT2D eigenvalue weighted by atomic mass is 35.5. The first-order chi connectivity index (χ1) is 17.7. The van der Waals surface area contributed by atoms with Gasteiger partial charge >= 0.3 is 0 Å². The summed E-state index contributed by atoms with van der Waals surface area (Å²) in [5.74, 6) is 0.793. The largest absolute Gasteiger partial charge is 0.456 e. The number of ether oxygens (including phenoxy) is 3. The van der Waals surface area contributed by atoms with Crippen LogP contribution in [0.5, 0.6) is 6.01 Å². The molecule has 4 atom stereocenters. The van der Waals surface area contributed by atoms with Crippen molar-refractivity contribution in [1.82, 2.24) is 19.9 Å². The molecule has 1 aromatic carbocycles. The quantitative estimate of drug-likeness (QED) is 0.384. The first-order valence-electron chi connectivity index (χ1n) is 11.9. The highest BCUT2D eigenvalue weighted by Gasteiger charge is 2.47. The lowest BCUT2D eigenvalue weighted by atomic mass is 10.0. The molecular weight excluding hydrogens is 514 g/mol. The number of aromatic nitrogens is 4. The number of hydrogen-bond acceptors (Lipinski definition) is 8. The van der Waals surface area contributed by atoms with Gasteiger partial charge < -0.3 is 19.2 Å². The molecule has 0 amide bonds. The zero-order chi connectivity index (χ0) is 25.7. The van der Waals surface area contributed by atoms with Gasteiger partial charge in [0.05, 0.1) is 41.2 Å². The van der Waals surface area contributed by atoms with E-state index in [4.69, 9.17) is 30.8 Å². The summed E-state index contributed by atoms with van der Waals surface area (Å²) in [6, 6.07) is 15.4. The standard InChI is InChI=1S/C26H26ClN5O4S/c1-14-12-34-24-20(13-35-23(14)24)36-26-29-19-11-17(27)22(30-25(19)31-26)16-9-7-15(8-10-16)18-5-4-6-21(28-18)32-37(2,3)33/h4-11,14,20,23-24H,12-13H2,1-3H3,(H,29,30,31)/t14-,20-,23-,24-/m1/s1. The van der Waals surface area contributed by atoms with E-state index in [1.54, 1.807) is 24.6 Å². The molecule has 0 bridgehead atoms. The molecule has 2 aliphatic heterocycles. The van der Waals surface area contributed by atoms with Crippen molar-refractivity contribution in [3.05, 3.63) is 53.6 Å².